The predicted octanol–water partition coefficient (Wildman–Crippen LogP) is 1.14. The van der Waals surface area contributed by atoms with Crippen LogP contribution < -0.4 is 0 Å². The third-order valence-corrected chi connectivity index (χ3v) is 2.24. The van der Waals surface area contributed by atoms with Crippen molar-refractivity contribution in [3.05, 3.63) is 0 Å². The number of carbonyl (C=O) groups excluding carboxylic acids is 1. The molecule has 0 aromatic rings. The lowest BCUT2D eigenvalue weighted by Crippen LogP contribution is -2.24. The van der Waals surface area contributed by atoms with Gasteiger partial charge in [-0.1, -0.05) is 0 Å². The van der Waals surface area contributed by atoms with E-state index in [4.69, 9.17) is 4.74 Å². The number of hydrogen-bond acceptors (Lipinski definition) is 2. The fraction of sp³-hybridized carbons (Fsp3) is 0.857. The second-order valence-electron chi connectivity index (χ2n) is 3.20. The average Bonchev–Trinajstić information content (AvgIpc) is 2.08. The Kier molecular flexibility index (Phi) is 1.03. The molecule has 0 aliphatic carbocycles. The third-order valence-electron chi connectivity index (χ3n) is 2.24. The molecule has 2 heteroatoms. The van der Waals surface area contributed by atoms with Crippen LogP contribution in [0.1, 0.15) is 27.7 Å². The van der Waals surface area contributed by atoms with Gasteiger partial charge in [-0.2, -0.15) is 0 Å². The van der Waals surface area contributed by atoms with Crippen molar-refractivity contribution in [2.75, 3.05) is 0 Å². The monoisotopic (exact) mass is 128 g/mol. The van der Waals surface area contributed by atoms with Gasteiger partial charge < -0.3 is 4.74 Å². The Balaban J connectivity index is 2.74. The van der Waals surface area contributed by atoms with Gasteiger partial charge >= 0.3 is 0 Å². The zero-order chi connectivity index (χ0) is 7.28. The molecule has 1 atom stereocenters. The van der Waals surface area contributed by atoms with E-state index in [1.165, 1.54) is 0 Å². The number of rotatable bonds is 1. The highest BCUT2D eigenvalue weighted by atomic mass is 16.6. The van der Waals surface area contributed by atoms with Crippen molar-refractivity contribution in [1.82, 2.24) is 0 Å². The minimum absolute atomic E-state index is 0.118. The lowest BCUT2D eigenvalue weighted by molar-refractivity contribution is -0.121. The normalized spacial score (nSPS) is 38.2. The molecule has 0 saturated carbocycles. The zero-order valence-corrected chi connectivity index (χ0v) is 6.32. The summed E-state index contributed by atoms with van der Waals surface area (Å²) in [5, 5.41) is 0. The van der Waals surface area contributed by atoms with Gasteiger partial charge in [-0.05, 0) is 27.7 Å². The Bertz CT molecular complexity index is 160. The van der Waals surface area contributed by atoms with E-state index in [1.54, 1.807) is 6.92 Å². The van der Waals surface area contributed by atoms with E-state index in [2.05, 4.69) is 0 Å². The molecule has 52 valence electrons. The molecule has 9 heavy (non-hydrogen) atoms. The lowest BCUT2D eigenvalue weighted by Gasteiger charge is -2.00. The predicted molar refractivity (Wildman–Crippen MR) is 34.2 cm³/mol. The smallest absolute Gasteiger partial charge is 0.164 e. The van der Waals surface area contributed by atoms with Gasteiger partial charge in [-0.25, -0.2) is 0 Å². The maximum Gasteiger partial charge on any atom is 0.164 e. The van der Waals surface area contributed by atoms with Crippen LogP contribution in [0.3, 0.4) is 0 Å². The van der Waals surface area contributed by atoms with Crippen LogP contribution in [0.5, 0.6) is 0 Å². The number of Topliss-reactive ketones (excluding diaryl/α,β-unsaturated/α-hetero) is 1. The summed E-state index contributed by atoms with van der Waals surface area (Å²) in [7, 11) is 0. The fourth-order valence-corrected chi connectivity index (χ4v) is 0.981. The summed E-state index contributed by atoms with van der Waals surface area (Å²) in [4.78, 5) is 10.8. The van der Waals surface area contributed by atoms with E-state index in [0.29, 0.717) is 0 Å². The SMILES string of the molecule is CC(=O)C1(C)OC1(C)C. The highest BCUT2D eigenvalue weighted by Crippen LogP contribution is 2.47. The van der Waals surface area contributed by atoms with Crippen LogP contribution in [-0.4, -0.2) is 17.0 Å². The molecule has 1 unspecified atom stereocenters. The first-order chi connectivity index (χ1) is 3.90. The second kappa shape index (κ2) is 1.37. The van der Waals surface area contributed by atoms with Crippen LogP contribution in [0.25, 0.3) is 0 Å². The van der Waals surface area contributed by atoms with E-state index in [1.807, 2.05) is 20.8 Å². The molecule has 0 aromatic heterocycles. The largest absolute Gasteiger partial charge is 0.355 e. The van der Waals surface area contributed by atoms with Crippen molar-refractivity contribution in [3.63, 3.8) is 0 Å². The molecule has 2 nitrogen and oxygen atoms in total. The summed E-state index contributed by atoms with van der Waals surface area (Å²) in [5.41, 5.74) is -0.716. The van der Waals surface area contributed by atoms with Crippen LogP contribution in [0.4, 0.5) is 0 Å². The van der Waals surface area contributed by atoms with E-state index >= 15 is 0 Å². The first-order valence-corrected chi connectivity index (χ1v) is 3.11. The van der Waals surface area contributed by atoms with Gasteiger partial charge in [0.25, 0.3) is 0 Å². The van der Waals surface area contributed by atoms with E-state index in [9.17, 15) is 4.79 Å². The van der Waals surface area contributed by atoms with Crippen molar-refractivity contribution in [3.8, 4) is 0 Å². The lowest BCUT2D eigenvalue weighted by atomic mass is 9.95. The van der Waals surface area contributed by atoms with Gasteiger partial charge in [0.1, 0.15) is 0 Å². The van der Waals surface area contributed by atoms with Crippen LogP contribution in [0.15, 0.2) is 0 Å². The minimum atomic E-state index is -0.493. The molecule has 0 aromatic carbocycles. The van der Waals surface area contributed by atoms with Gasteiger partial charge in [0.15, 0.2) is 11.4 Å². The molecule has 1 aliphatic heterocycles. The minimum Gasteiger partial charge on any atom is -0.355 e. The van der Waals surface area contributed by atoms with Gasteiger partial charge in [-0.15, -0.1) is 0 Å². The first-order valence-electron chi connectivity index (χ1n) is 3.11. The third kappa shape index (κ3) is 0.697. The fourth-order valence-electron chi connectivity index (χ4n) is 0.981. The van der Waals surface area contributed by atoms with Gasteiger partial charge in [0.2, 0.25) is 0 Å². The molecule has 1 rings (SSSR count). The highest BCUT2D eigenvalue weighted by Gasteiger charge is 2.63. The Morgan fingerprint density at radius 1 is 1.33 bits per heavy atom. The quantitative estimate of drug-likeness (QED) is 0.496. The standard InChI is InChI=1S/C7H12O2/c1-5(8)7(4)6(2,3)9-7/h1-4H3. The van der Waals surface area contributed by atoms with E-state index < -0.39 is 5.60 Å². The summed E-state index contributed by atoms with van der Waals surface area (Å²) >= 11 is 0. The zero-order valence-electron chi connectivity index (χ0n) is 6.32. The average molecular weight is 128 g/mol. The number of ketones is 1. The Hall–Kier alpha value is -0.370. The van der Waals surface area contributed by atoms with Crippen LogP contribution in [0.2, 0.25) is 0 Å². The number of carbonyl (C=O) groups is 1. The van der Waals surface area contributed by atoms with Crippen molar-refractivity contribution >= 4 is 5.78 Å². The molecular weight excluding hydrogens is 116 g/mol. The number of ether oxygens (including phenoxy) is 1. The molecule has 1 fully saturated rings. The molecule has 0 bridgehead atoms. The molecule has 0 radical (unpaired) electrons. The van der Waals surface area contributed by atoms with Crippen molar-refractivity contribution in [2.45, 2.75) is 38.9 Å². The topological polar surface area (TPSA) is 29.6 Å². The second-order valence-corrected chi connectivity index (χ2v) is 3.20. The molecule has 0 amide bonds. The van der Waals surface area contributed by atoms with Crippen molar-refractivity contribution < 1.29 is 9.53 Å². The van der Waals surface area contributed by atoms with Crippen LogP contribution >= 0.6 is 0 Å². The summed E-state index contributed by atoms with van der Waals surface area (Å²) in [5.74, 6) is 0.118. The molecule has 1 aliphatic rings. The Morgan fingerprint density at radius 2 is 1.67 bits per heavy atom. The Labute approximate surface area is 55.2 Å². The summed E-state index contributed by atoms with van der Waals surface area (Å²) in [6, 6.07) is 0. The summed E-state index contributed by atoms with van der Waals surface area (Å²) in [6.07, 6.45) is 0. The Morgan fingerprint density at radius 3 is 1.67 bits per heavy atom. The van der Waals surface area contributed by atoms with Crippen LogP contribution in [-0.2, 0) is 9.53 Å². The van der Waals surface area contributed by atoms with Crippen LogP contribution in [0, 0.1) is 0 Å². The molecule has 0 N–H and O–H groups in total. The van der Waals surface area contributed by atoms with Gasteiger partial charge in [-0.3, -0.25) is 4.79 Å². The molecule has 1 heterocycles. The molecule has 0 spiro atoms. The van der Waals surface area contributed by atoms with Gasteiger partial charge in [0, 0.05) is 0 Å². The van der Waals surface area contributed by atoms with E-state index in [-0.39, 0.29) is 11.4 Å². The number of epoxide rings is 1. The highest BCUT2D eigenvalue weighted by molar-refractivity contribution is 5.88. The number of hydrogen-bond donors (Lipinski definition) is 0. The summed E-state index contributed by atoms with van der Waals surface area (Å²) in [6.45, 7) is 7.24. The maximum absolute atomic E-state index is 10.8. The van der Waals surface area contributed by atoms with Gasteiger partial charge in [0.05, 0.1) is 5.60 Å². The first kappa shape index (κ1) is 6.75. The van der Waals surface area contributed by atoms with Crippen molar-refractivity contribution in [1.29, 1.82) is 0 Å². The van der Waals surface area contributed by atoms with Crippen molar-refractivity contribution in [2.24, 2.45) is 0 Å². The molecule has 1 saturated heterocycles. The summed E-state index contributed by atoms with van der Waals surface area (Å²) < 4.78 is 5.20. The molecular formula is C7H12O2. The van der Waals surface area contributed by atoms with E-state index in [0.717, 1.165) is 0 Å². The maximum atomic E-state index is 10.8.